The molecule has 4 heteroatoms. The lowest BCUT2D eigenvalue weighted by atomic mass is 9.97. The fourth-order valence-corrected chi connectivity index (χ4v) is 2.13. The molecule has 0 aliphatic carbocycles. The molecule has 2 aromatic rings. The first-order chi connectivity index (χ1) is 11.9. The van der Waals surface area contributed by atoms with Crippen molar-refractivity contribution in [1.29, 1.82) is 0 Å². The number of ether oxygens (including phenoxy) is 2. The van der Waals surface area contributed by atoms with E-state index in [0.29, 0.717) is 0 Å². The van der Waals surface area contributed by atoms with Gasteiger partial charge in [0.1, 0.15) is 6.61 Å². The van der Waals surface area contributed by atoms with Gasteiger partial charge >= 0.3 is 11.9 Å². The van der Waals surface area contributed by atoms with Crippen LogP contribution in [0, 0.1) is 5.41 Å². The van der Waals surface area contributed by atoms with Crippen LogP contribution in [0.2, 0.25) is 0 Å². The first-order valence-corrected chi connectivity index (χ1v) is 8.32. The smallest absolute Gasteiger partial charge is 0.348 e. The van der Waals surface area contributed by atoms with Crippen molar-refractivity contribution in [2.24, 2.45) is 5.41 Å². The van der Waals surface area contributed by atoms with Gasteiger partial charge in [-0.3, -0.25) is 4.79 Å². The minimum atomic E-state index is -0.960. The maximum Gasteiger partial charge on any atom is 0.348 e. The van der Waals surface area contributed by atoms with Gasteiger partial charge in [0.15, 0.2) is 0 Å². The molecular formula is C21H24O4. The van der Waals surface area contributed by atoms with Gasteiger partial charge in [0.05, 0.1) is 5.41 Å². The van der Waals surface area contributed by atoms with E-state index in [2.05, 4.69) is 0 Å². The molecule has 1 atom stereocenters. The molecule has 0 aromatic heterocycles. The minimum Gasteiger partial charge on any atom is -0.458 e. The number of carbonyl (C=O) groups is 2. The summed E-state index contributed by atoms with van der Waals surface area (Å²) in [5.41, 5.74) is 1.11. The van der Waals surface area contributed by atoms with Crippen molar-refractivity contribution in [1.82, 2.24) is 0 Å². The quantitative estimate of drug-likeness (QED) is 0.748. The lowest BCUT2D eigenvalue weighted by Gasteiger charge is -2.22. The lowest BCUT2D eigenvalue weighted by Crippen LogP contribution is -2.35. The van der Waals surface area contributed by atoms with E-state index >= 15 is 0 Å². The molecule has 0 heterocycles. The Kier molecular flexibility index (Phi) is 6.34. The van der Waals surface area contributed by atoms with Gasteiger partial charge in [0.25, 0.3) is 0 Å². The first-order valence-electron chi connectivity index (χ1n) is 8.32. The average Bonchev–Trinajstić information content (AvgIpc) is 2.60. The van der Waals surface area contributed by atoms with Gasteiger partial charge in [0.2, 0.25) is 6.10 Å². The van der Waals surface area contributed by atoms with Crippen LogP contribution in [-0.2, 0) is 32.1 Å². The number of esters is 2. The zero-order valence-corrected chi connectivity index (χ0v) is 14.9. The molecule has 132 valence electrons. The Bertz CT molecular complexity index is 687. The predicted molar refractivity (Wildman–Crippen MR) is 95.7 cm³/mol. The van der Waals surface area contributed by atoms with E-state index < -0.39 is 23.5 Å². The third kappa shape index (κ3) is 6.07. The van der Waals surface area contributed by atoms with Gasteiger partial charge in [-0.15, -0.1) is 0 Å². The zero-order valence-electron chi connectivity index (χ0n) is 14.9. The summed E-state index contributed by atoms with van der Waals surface area (Å²) in [6, 6.07) is 18.9. The van der Waals surface area contributed by atoms with Crippen LogP contribution in [-0.4, -0.2) is 18.0 Å². The van der Waals surface area contributed by atoms with E-state index in [1.165, 1.54) is 0 Å². The van der Waals surface area contributed by atoms with Crippen molar-refractivity contribution in [3.63, 3.8) is 0 Å². The van der Waals surface area contributed by atoms with Gasteiger partial charge in [-0.25, -0.2) is 4.79 Å². The number of benzene rings is 2. The number of rotatable bonds is 6. The highest BCUT2D eigenvalue weighted by molar-refractivity contribution is 5.82. The third-order valence-corrected chi connectivity index (χ3v) is 3.61. The topological polar surface area (TPSA) is 52.6 Å². The Morgan fingerprint density at radius 3 is 1.92 bits per heavy atom. The monoisotopic (exact) mass is 340 g/mol. The van der Waals surface area contributed by atoms with E-state index in [0.717, 1.165) is 11.1 Å². The van der Waals surface area contributed by atoms with E-state index in [4.69, 9.17) is 9.47 Å². The van der Waals surface area contributed by atoms with Crippen molar-refractivity contribution in [3.8, 4) is 0 Å². The van der Waals surface area contributed by atoms with Gasteiger partial charge in [0, 0.05) is 6.42 Å². The summed E-state index contributed by atoms with van der Waals surface area (Å²) in [6.45, 7) is 5.41. The van der Waals surface area contributed by atoms with Gasteiger partial charge < -0.3 is 9.47 Å². The summed E-state index contributed by atoms with van der Waals surface area (Å²) in [5, 5.41) is 0. The van der Waals surface area contributed by atoms with E-state index in [1.54, 1.807) is 20.8 Å². The van der Waals surface area contributed by atoms with Crippen molar-refractivity contribution >= 4 is 11.9 Å². The molecule has 0 bridgehead atoms. The van der Waals surface area contributed by atoms with Crippen LogP contribution in [0.1, 0.15) is 31.9 Å². The Hall–Kier alpha value is -2.62. The summed E-state index contributed by atoms with van der Waals surface area (Å²) in [4.78, 5) is 24.7. The Balaban J connectivity index is 2.06. The fraction of sp³-hybridized carbons (Fsp3) is 0.333. The summed E-state index contributed by atoms with van der Waals surface area (Å²) < 4.78 is 10.8. The second-order valence-corrected chi connectivity index (χ2v) is 6.93. The SMILES string of the molecule is CC(C)(C)C(=O)OC(Cc1ccccc1)C(=O)OCc1ccccc1. The normalized spacial score (nSPS) is 12.3. The minimum absolute atomic E-state index is 0.151. The summed E-state index contributed by atoms with van der Waals surface area (Å²) >= 11 is 0. The fourth-order valence-electron chi connectivity index (χ4n) is 2.13. The third-order valence-electron chi connectivity index (χ3n) is 3.61. The highest BCUT2D eigenvalue weighted by Gasteiger charge is 2.31. The maximum absolute atomic E-state index is 12.5. The molecule has 0 spiro atoms. The molecule has 0 saturated carbocycles. The van der Waals surface area contributed by atoms with Crippen molar-refractivity contribution in [3.05, 3.63) is 71.8 Å². The van der Waals surface area contributed by atoms with Crippen LogP contribution in [0.4, 0.5) is 0 Å². The van der Waals surface area contributed by atoms with Crippen LogP contribution >= 0.6 is 0 Å². The molecule has 2 aromatic carbocycles. The zero-order chi connectivity index (χ0) is 18.3. The summed E-state index contributed by atoms with van der Waals surface area (Å²) in [7, 11) is 0. The second-order valence-electron chi connectivity index (χ2n) is 6.93. The van der Waals surface area contributed by atoms with Crippen LogP contribution in [0.25, 0.3) is 0 Å². The molecule has 25 heavy (non-hydrogen) atoms. The molecule has 0 aliphatic rings. The number of hydrogen-bond donors (Lipinski definition) is 0. The standard InChI is InChI=1S/C21H24O4/c1-21(2,3)20(23)25-18(14-16-10-6-4-7-11-16)19(22)24-15-17-12-8-5-9-13-17/h4-13,18H,14-15H2,1-3H3. The highest BCUT2D eigenvalue weighted by Crippen LogP contribution is 2.19. The second kappa shape index (κ2) is 8.47. The Labute approximate surface area is 148 Å². The van der Waals surface area contributed by atoms with Crippen molar-refractivity contribution in [2.45, 2.75) is 39.9 Å². The Morgan fingerprint density at radius 2 is 1.40 bits per heavy atom. The van der Waals surface area contributed by atoms with Crippen molar-refractivity contribution < 1.29 is 19.1 Å². The van der Waals surface area contributed by atoms with Crippen molar-refractivity contribution in [2.75, 3.05) is 0 Å². The molecule has 0 amide bonds. The molecule has 0 aliphatic heterocycles. The van der Waals surface area contributed by atoms with Crippen LogP contribution < -0.4 is 0 Å². The largest absolute Gasteiger partial charge is 0.458 e. The molecule has 0 fully saturated rings. The van der Waals surface area contributed by atoms with Gasteiger partial charge in [-0.1, -0.05) is 60.7 Å². The summed E-state index contributed by atoms with van der Waals surface area (Å²) in [6.07, 6.45) is -0.672. The van der Waals surface area contributed by atoms with Gasteiger partial charge in [-0.2, -0.15) is 0 Å². The molecule has 2 rings (SSSR count). The first kappa shape index (κ1) is 18.7. The van der Waals surface area contributed by atoms with E-state index in [1.807, 2.05) is 60.7 Å². The van der Waals surface area contributed by atoms with E-state index in [9.17, 15) is 9.59 Å². The molecule has 4 nitrogen and oxygen atoms in total. The molecule has 0 N–H and O–H groups in total. The highest BCUT2D eigenvalue weighted by atomic mass is 16.6. The summed E-state index contributed by atoms with van der Waals surface area (Å²) in [5.74, 6) is -0.963. The van der Waals surface area contributed by atoms with Gasteiger partial charge in [-0.05, 0) is 31.9 Å². The maximum atomic E-state index is 12.5. The number of carbonyl (C=O) groups excluding carboxylic acids is 2. The van der Waals surface area contributed by atoms with Crippen LogP contribution in [0.3, 0.4) is 0 Å². The molecule has 0 saturated heterocycles. The number of hydrogen-bond acceptors (Lipinski definition) is 4. The van der Waals surface area contributed by atoms with Crippen LogP contribution in [0.15, 0.2) is 60.7 Å². The average molecular weight is 340 g/mol. The predicted octanol–water partition coefficient (Wildman–Crippen LogP) is 3.93. The van der Waals surface area contributed by atoms with E-state index in [-0.39, 0.29) is 13.0 Å². The van der Waals surface area contributed by atoms with Crippen LogP contribution in [0.5, 0.6) is 0 Å². The molecular weight excluding hydrogens is 316 g/mol. The molecule has 1 unspecified atom stereocenters. The lowest BCUT2D eigenvalue weighted by molar-refractivity contribution is -0.173. The Morgan fingerprint density at radius 1 is 0.880 bits per heavy atom. The molecule has 0 radical (unpaired) electrons.